The van der Waals surface area contributed by atoms with Crippen molar-refractivity contribution in [2.24, 2.45) is 0 Å². The molecule has 0 bridgehead atoms. The predicted octanol–water partition coefficient (Wildman–Crippen LogP) is 2.17. The second-order valence-corrected chi connectivity index (χ2v) is 6.70. The molecule has 0 aliphatic rings. The molecular formula is C5H12BrClO3Si. The number of alkyl halides is 2. The van der Waals surface area contributed by atoms with Crippen molar-refractivity contribution in [1.82, 2.24) is 0 Å². The highest BCUT2D eigenvalue weighted by molar-refractivity contribution is 9.10. The number of halogens is 2. The Morgan fingerprint density at radius 2 is 1.91 bits per heavy atom. The third kappa shape index (κ3) is 3.87. The van der Waals surface area contributed by atoms with Gasteiger partial charge in [0.2, 0.25) is 0 Å². The first-order chi connectivity index (χ1) is 5.10. The molecule has 0 heterocycles. The average molecular weight is 264 g/mol. The Morgan fingerprint density at radius 3 is 2.00 bits per heavy atom. The minimum absolute atomic E-state index is 0.547. The van der Waals surface area contributed by atoms with Gasteiger partial charge >= 0.3 is 8.80 Å². The Morgan fingerprint density at radius 1 is 1.45 bits per heavy atom. The third-order valence-corrected chi connectivity index (χ3v) is 4.80. The predicted molar refractivity (Wildman–Crippen MR) is 49.9 cm³/mol. The molecule has 0 aromatic carbocycles. The van der Waals surface area contributed by atoms with Gasteiger partial charge in [0.15, 0.2) is 4.47 Å². The summed E-state index contributed by atoms with van der Waals surface area (Å²) >= 11 is 8.62. The van der Waals surface area contributed by atoms with E-state index in [1.807, 2.05) is 6.92 Å². The fourth-order valence-corrected chi connectivity index (χ4v) is 3.32. The molecule has 0 saturated carbocycles. The Balaban J connectivity index is 4.05. The Kier molecular flexibility index (Phi) is 5.94. The van der Waals surface area contributed by atoms with E-state index in [2.05, 4.69) is 15.9 Å². The molecule has 0 saturated heterocycles. The van der Waals surface area contributed by atoms with Crippen molar-refractivity contribution in [2.75, 3.05) is 14.2 Å². The van der Waals surface area contributed by atoms with Gasteiger partial charge < -0.3 is 13.3 Å². The highest BCUT2D eigenvalue weighted by atomic mass is 79.9. The second-order valence-electron chi connectivity index (χ2n) is 1.82. The van der Waals surface area contributed by atoms with Gasteiger partial charge in [-0.3, -0.25) is 0 Å². The molecule has 0 aromatic heterocycles. The molecule has 0 rings (SSSR count). The summed E-state index contributed by atoms with van der Waals surface area (Å²) in [5.41, 5.74) is 0. The zero-order chi connectivity index (χ0) is 8.91. The van der Waals surface area contributed by atoms with E-state index in [0.717, 1.165) is 0 Å². The third-order valence-electron chi connectivity index (χ3n) is 1.32. The first kappa shape index (κ1) is 11.9. The summed E-state index contributed by atoms with van der Waals surface area (Å²) in [6, 6.07) is 0.703. The Bertz CT molecular complexity index is 102. The van der Waals surface area contributed by atoms with Gasteiger partial charge in [-0.1, -0.05) is 18.5 Å². The molecule has 0 fully saturated rings. The first-order valence-electron chi connectivity index (χ1n) is 3.16. The van der Waals surface area contributed by atoms with Gasteiger partial charge in [0.25, 0.3) is 0 Å². The summed E-state index contributed by atoms with van der Waals surface area (Å²) in [6.45, 7) is 1.94. The lowest BCUT2D eigenvalue weighted by atomic mass is 11.0. The summed E-state index contributed by atoms with van der Waals surface area (Å²) in [5.74, 6) is 0. The summed E-state index contributed by atoms with van der Waals surface area (Å²) in [7, 11) is 0.663. The minimum Gasteiger partial charge on any atom is -0.377 e. The van der Waals surface area contributed by atoms with Crippen LogP contribution in [-0.4, -0.2) is 27.5 Å². The largest absolute Gasteiger partial charge is 0.501 e. The van der Waals surface area contributed by atoms with Crippen LogP contribution in [0.3, 0.4) is 0 Å². The molecule has 0 aliphatic carbocycles. The summed E-state index contributed by atoms with van der Waals surface area (Å²) in [4.78, 5) is 0. The zero-order valence-corrected chi connectivity index (χ0v) is 10.1. The highest BCUT2D eigenvalue weighted by Crippen LogP contribution is 2.19. The van der Waals surface area contributed by atoms with E-state index in [1.165, 1.54) is 0 Å². The van der Waals surface area contributed by atoms with E-state index in [0.29, 0.717) is 6.04 Å². The molecule has 11 heavy (non-hydrogen) atoms. The second kappa shape index (κ2) is 5.50. The fourth-order valence-electron chi connectivity index (χ4n) is 0.687. The summed E-state index contributed by atoms with van der Waals surface area (Å²) < 4.78 is 15.0. The number of hydrogen-bond acceptors (Lipinski definition) is 3. The van der Waals surface area contributed by atoms with Gasteiger partial charge in [-0.05, 0) is 15.9 Å². The van der Waals surface area contributed by atoms with Gasteiger partial charge in [0.1, 0.15) is 0 Å². The van der Waals surface area contributed by atoms with Crippen LogP contribution in [-0.2, 0) is 13.3 Å². The van der Waals surface area contributed by atoms with Gasteiger partial charge in [-0.2, -0.15) is 0 Å². The van der Waals surface area contributed by atoms with Crippen molar-refractivity contribution in [3.8, 4) is 0 Å². The van der Waals surface area contributed by atoms with Crippen molar-refractivity contribution in [2.45, 2.75) is 17.4 Å². The summed E-state index contributed by atoms with van der Waals surface area (Å²) in [5, 5.41) is 0. The van der Waals surface area contributed by atoms with E-state index >= 15 is 0 Å². The maximum Gasteiger partial charge on any atom is 0.501 e. The highest BCUT2D eigenvalue weighted by Gasteiger charge is 2.38. The molecule has 3 nitrogen and oxygen atoms in total. The van der Waals surface area contributed by atoms with Crippen molar-refractivity contribution in [3.05, 3.63) is 0 Å². The molecule has 0 aromatic rings. The number of rotatable bonds is 5. The molecule has 0 amide bonds. The Labute approximate surface area is 81.5 Å². The van der Waals surface area contributed by atoms with E-state index in [-0.39, 0.29) is 0 Å². The normalized spacial score (nSPS) is 15.0. The number of hydrogen-bond donors (Lipinski definition) is 0. The van der Waals surface area contributed by atoms with E-state index in [4.69, 9.17) is 24.9 Å². The van der Waals surface area contributed by atoms with E-state index in [9.17, 15) is 0 Å². The maximum atomic E-state index is 5.57. The molecule has 1 unspecified atom stereocenters. The maximum absolute atomic E-state index is 5.57. The van der Waals surface area contributed by atoms with Crippen molar-refractivity contribution in [3.63, 3.8) is 0 Å². The minimum atomic E-state index is -2.46. The van der Waals surface area contributed by atoms with E-state index < -0.39 is 13.3 Å². The fraction of sp³-hybridized carbons (Fsp3) is 1.00. The van der Waals surface area contributed by atoms with Crippen LogP contribution in [0.5, 0.6) is 0 Å². The zero-order valence-electron chi connectivity index (χ0n) is 6.77. The summed E-state index contributed by atoms with van der Waals surface area (Å²) in [6.07, 6.45) is 0. The van der Waals surface area contributed by atoms with Crippen molar-refractivity contribution >= 4 is 36.3 Å². The molecule has 0 aliphatic heterocycles. The van der Waals surface area contributed by atoms with Gasteiger partial charge in [0.05, 0.1) is 0 Å². The van der Waals surface area contributed by atoms with Crippen molar-refractivity contribution < 1.29 is 13.3 Å². The molecular weight excluding hydrogens is 251 g/mol. The van der Waals surface area contributed by atoms with Gasteiger partial charge in [-0.15, -0.1) is 0 Å². The first-order valence-corrected chi connectivity index (χ1v) is 6.45. The van der Waals surface area contributed by atoms with Crippen LogP contribution in [0.2, 0.25) is 6.04 Å². The molecule has 6 heteroatoms. The van der Waals surface area contributed by atoms with Crippen molar-refractivity contribution in [1.29, 1.82) is 0 Å². The molecule has 0 radical (unpaired) electrons. The van der Waals surface area contributed by atoms with E-state index in [1.54, 1.807) is 14.2 Å². The smallest absolute Gasteiger partial charge is 0.377 e. The molecule has 1 atom stereocenters. The van der Waals surface area contributed by atoms with Gasteiger partial charge in [-0.25, -0.2) is 0 Å². The molecule has 0 spiro atoms. The molecule has 68 valence electrons. The van der Waals surface area contributed by atoms with Crippen LogP contribution < -0.4 is 0 Å². The lowest BCUT2D eigenvalue weighted by Gasteiger charge is -2.25. The lowest BCUT2D eigenvalue weighted by Crippen LogP contribution is -2.44. The lowest BCUT2D eigenvalue weighted by molar-refractivity contribution is 0.111. The van der Waals surface area contributed by atoms with Crippen LogP contribution in [0.25, 0.3) is 0 Å². The SMILES string of the molecule is CC[Si](OC)(OC)OC(Cl)Br. The molecule has 0 N–H and O–H groups in total. The van der Waals surface area contributed by atoms with Crippen LogP contribution in [0.15, 0.2) is 0 Å². The van der Waals surface area contributed by atoms with Crippen LogP contribution in [0, 0.1) is 0 Å². The quantitative estimate of drug-likeness (QED) is 0.562. The van der Waals surface area contributed by atoms with Crippen LogP contribution in [0.1, 0.15) is 6.92 Å². The monoisotopic (exact) mass is 262 g/mol. The Hall–Kier alpha value is 0.867. The average Bonchev–Trinajstić information content (AvgIpc) is 2.00. The van der Waals surface area contributed by atoms with Gasteiger partial charge in [0, 0.05) is 20.3 Å². The van der Waals surface area contributed by atoms with Crippen LogP contribution >= 0.6 is 27.5 Å². The van der Waals surface area contributed by atoms with Crippen LogP contribution in [0.4, 0.5) is 0 Å². The standard InChI is InChI=1S/C5H12BrClO3Si/c1-4-11(8-2,9-3)10-5(6)7/h5H,4H2,1-3H3. The topological polar surface area (TPSA) is 27.7 Å².